The molecule has 38 heavy (non-hydrogen) atoms. The minimum absolute atomic E-state index is 0. The maximum atomic E-state index is 13.3. The number of carbonyl (C=O) groups excluding carboxylic acids is 1. The molecule has 2 heterocycles. The zero-order valence-electron chi connectivity index (χ0n) is 21.3. The lowest BCUT2D eigenvalue weighted by Crippen LogP contribution is -2.35. The van der Waals surface area contributed by atoms with Gasteiger partial charge in [0, 0.05) is 20.8 Å². The summed E-state index contributed by atoms with van der Waals surface area (Å²) in [5.74, 6) is 1.36. The fraction of sp³-hybridized carbons (Fsp3) is 0.345. The Morgan fingerprint density at radius 3 is 2.63 bits per heavy atom. The first-order valence-corrected chi connectivity index (χ1v) is 14.4. The number of nitrogens with one attached hydrogen (secondary N) is 1. The number of fused-ring (bicyclic) bond motifs is 1. The second-order valence-electron chi connectivity index (χ2n) is 10.1. The molecule has 0 aromatic heterocycles. The van der Waals surface area contributed by atoms with E-state index in [0.29, 0.717) is 35.2 Å². The van der Waals surface area contributed by atoms with E-state index in [4.69, 9.17) is 14.2 Å². The number of hydrogen-bond donors (Lipinski definition) is 3. The summed E-state index contributed by atoms with van der Waals surface area (Å²) in [5, 5.41) is 3.11. The SMILES string of the molecule is COC[C@@H]1CCCN1S(O)(O)c1ccc(-c2cccc(NC(=O)C3(c4ccc5c(c4)OCO5)CC3)c2)cc1.[HH]. The Morgan fingerprint density at radius 1 is 1.08 bits per heavy atom. The van der Waals surface area contributed by atoms with Crippen molar-refractivity contribution in [3.63, 3.8) is 0 Å². The molecule has 9 heteroatoms. The van der Waals surface area contributed by atoms with Crippen molar-refractivity contribution < 1.29 is 29.5 Å². The predicted octanol–water partition coefficient (Wildman–Crippen LogP) is 6.13. The van der Waals surface area contributed by atoms with E-state index in [9.17, 15) is 13.9 Å². The van der Waals surface area contributed by atoms with E-state index in [1.54, 1.807) is 23.5 Å². The van der Waals surface area contributed by atoms with Gasteiger partial charge < -0.3 is 19.5 Å². The van der Waals surface area contributed by atoms with Gasteiger partial charge in [-0.2, -0.15) is 4.31 Å². The van der Waals surface area contributed by atoms with E-state index in [0.717, 1.165) is 42.4 Å². The first-order chi connectivity index (χ1) is 18.4. The molecule has 1 saturated carbocycles. The number of amides is 1. The van der Waals surface area contributed by atoms with E-state index in [1.165, 1.54) is 0 Å². The highest BCUT2D eigenvalue weighted by molar-refractivity contribution is 8.22. The molecule has 1 saturated heterocycles. The van der Waals surface area contributed by atoms with Gasteiger partial charge in [0.1, 0.15) is 0 Å². The summed E-state index contributed by atoms with van der Waals surface area (Å²) in [6, 6.07) is 20.8. The van der Waals surface area contributed by atoms with Gasteiger partial charge >= 0.3 is 0 Å². The van der Waals surface area contributed by atoms with Crippen LogP contribution in [0.3, 0.4) is 0 Å². The number of rotatable bonds is 8. The summed E-state index contributed by atoms with van der Waals surface area (Å²) >= 11 is 0. The summed E-state index contributed by atoms with van der Waals surface area (Å²) in [6.45, 7) is 1.31. The molecule has 1 aliphatic carbocycles. The van der Waals surface area contributed by atoms with Crippen molar-refractivity contribution in [2.45, 2.75) is 42.0 Å². The van der Waals surface area contributed by atoms with Gasteiger partial charge in [-0.05, 0) is 78.8 Å². The third kappa shape index (κ3) is 4.54. The van der Waals surface area contributed by atoms with Crippen molar-refractivity contribution in [2.75, 3.05) is 32.4 Å². The van der Waals surface area contributed by atoms with Gasteiger partial charge in [0.15, 0.2) is 11.5 Å². The first kappa shape index (κ1) is 25.2. The number of ether oxygens (including phenoxy) is 3. The Hall–Kier alpha value is -3.08. The van der Waals surface area contributed by atoms with Crippen LogP contribution in [-0.4, -0.2) is 52.4 Å². The summed E-state index contributed by atoms with van der Waals surface area (Å²) in [4.78, 5) is 13.8. The summed E-state index contributed by atoms with van der Waals surface area (Å²) in [7, 11) is -1.46. The molecule has 3 aliphatic rings. The van der Waals surface area contributed by atoms with Crippen LogP contribution in [0.5, 0.6) is 11.5 Å². The minimum atomic E-state index is -3.09. The molecule has 3 N–H and O–H groups in total. The Bertz CT molecular complexity index is 1350. The molecule has 0 bridgehead atoms. The number of anilines is 1. The third-order valence-corrected chi connectivity index (χ3v) is 9.78. The molecule has 6 rings (SSSR count). The lowest BCUT2D eigenvalue weighted by atomic mass is 9.94. The summed E-state index contributed by atoms with van der Waals surface area (Å²) in [5.41, 5.74) is 2.95. The fourth-order valence-corrected chi connectivity index (χ4v) is 7.20. The van der Waals surface area contributed by atoms with Crippen LogP contribution in [0.15, 0.2) is 71.6 Å². The first-order valence-electron chi connectivity index (χ1n) is 12.9. The summed E-state index contributed by atoms with van der Waals surface area (Å²) < 4.78 is 40.1. The molecule has 8 nitrogen and oxygen atoms in total. The Labute approximate surface area is 225 Å². The highest BCUT2D eigenvalue weighted by Gasteiger charge is 2.51. The maximum Gasteiger partial charge on any atom is 0.235 e. The Balaban J connectivity index is 0.00000308. The van der Waals surface area contributed by atoms with E-state index >= 15 is 0 Å². The van der Waals surface area contributed by atoms with Gasteiger partial charge in [0.25, 0.3) is 0 Å². The van der Waals surface area contributed by atoms with Crippen LogP contribution in [0.1, 0.15) is 32.7 Å². The number of methoxy groups -OCH3 is 1. The van der Waals surface area contributed by atoms with Gasteiger partial charge in [0.2, 0.25) is 12.7 Å². The van der Waals surface area contributed by atoms with Gasteiger partial charge in [-0.1, -0.05) is 30.3 Å². The Kier molecular flexibility index (Phi) is 6.57. The van der Waals surface area contributed by atoms with Crippen molar-refractivity contribution in [1.82, 2.24) is 4.31 Å². The van der Waals surface area contributed by atoms with Gasteiger partial charge in [-0.3, -0.25) is 13.9 Å². The molecule has 2 fully saturated rings. The third-order valence-electron chi connectivity index (χ3n) is 7.74. The van der Waals surface area contributed by atoms with Crippen LogP contribution in [0.4, 0.5) is 5.69 Å². The molecular formula is C29H34N2O6S. The smallest absolute Gasteiger partial charge is 0.235 e. The molecule has 0 radical (unpaired) electrons. The number of carbonyl (C=O) groups is 1. The van der Waals surface area contributed by atoms with Crippen LogP contribution in [0.2, 0.25) is 0 Å². The van der Waals surface area contributed by atoms with Crippen LogP contribution < -0.4 is 14.8 Å². The molecule has 0 spiro atoms. The van der Waals surface area contributed by atoms with E-state index in [2.05, 4.69) is 5.32 Å². The normalized spacial score (nSPS) is 20.3. The zero-order chi connectivity index (χ0) is 26.3. The second kappa shape index (κ2) is 9.91. The lowest BCUT2D eigenvalue weighted by molar-refractivity contribution is -0.118. The van der Waals surface area contributed by atoms with Crippen LogP contribution in [0.25, 0.3) is 11.1 Å². The molecule has 1 atom stereocenters. The van der Waals surface area contributed by atoms with Gasteiger partial charge in [-0.15, -0.1) is 10.8 Å². The fourth-order valence-electron chi connectivity index (χ4n) is 5.46. The Morgan fingerprint density at radius 2 is 1.87 bits per heavy atom. The number of hydrogen-bond acceptors (Lipinski definition) is 7. The van der Waals surface area contributed by atoms with Crippen molar-refractivity contribution in [3.8, 4) is 22.6 Å². The monoisotopic (exact) mass is 538 g/mol. The topological polar surface area (TPSA) is 100 Å². The van der Waals surface area contributed by atoms with Crippen molar-refractivity contribution in [1.29, 1.82) is 0 Å². The van der Waals surface area contributed by atoms with E-state index < -0.39 is 16.2 Å². The maximum absolute atomic E-state index is 13.3. The highest BCUT2D eigenvalue weighted by Crippen LogP contribution is 2.55. The predicted molar refractivity (Wildman–Crippen MR) is 149 cm³/mol. The molecule has 1 amide bonds. The highest BCUT2D eigenvalue weighted by atomic mass is 32.3. The minimum Gasteiger partial charge on any atom is -0.454 e. The standard InChI is InChI=1S/C29H32N2O6S.H2/c1-35-18-24-6-3-15-31(24)38(33,34)25-10-7-20(8-11-25)21-4-2-5-23(16-21)30-28(32)29(13-14-29)22-9-12-26-27(17-22)37-19-36-26;/h2,4-5,7-12,16-17,24,33-34H,3,6,13-15,18-19H2,1H3,(H,30,32);1H/t24-;/m0./s1. The van der Waals surface area contributed by atoms with Gasteiger partial charge in [-0.25, -0.2) is 0 Å². The molecule has 3 aromatic rings. The van der Waals surface area contributed by atoms with Crippen molar-refractivity contribution in [3.05, 3.63) is 72.3 Å². The van der Waals surface area contributed by atoms with Crippen molar-refractivity contribution >= 4 is 22.4 Å². The number of nitrogens with zero attached hydrogens (tertiary/aromatic N) is 1. The lowest BCUT2D eigenvalue weighted by Gasteiger charge is -2.43. The largest absolute Gasteiger partial charge is 0.454 e. The second-order valence-corrected chi connectivity index (χ2v) is 12.1. The zero-order valence-corrected chi connectivity index (χ0v) is 22.1. The summed E-state index contributed by atoms with van der Waals surface area (Å²) in [6.07, 6.45) is 3.37. The average Bonchev–Trinajstić information content (AvgIpc) is 3.37. The molecule has 3 aromatic carbocycles. The van der Waals surface area contributed by atoms with E-state index in [-0.39, 0.29) is 20.2 Å². The molecule has 0 unspecified atom stereocenters. The quantitative estimate of drug-likeness (QED) is 0.317. The van der Waals surface area contributed by atoms with Crippen LogP contribution in [-0.2, 0) is 14.9 Å². The number of benzene rings is 3. The van der Waals surface area contributed by atoms with Crippen LogP contribution >= 0.6 is 10.8 Å². The van der Waals surface area contributed by atoms with Gasteiger partial charge in [0.05, 0.1) is 23.0 Å². The van der Waals surface area contributed by atoms with Crippen molar-refractivity contribution in [2.24, 2.45) is 0 Å². The molecular weight excluding hydrogens is 504 g/mol. The average molecular weight is 539 g/mol. The van der Waals surface area contributed by atoms with E-state index in [1.807, 2.05) is 54.6 Å². The van der Waals surface area contributed by atoms with Crippen LogP contribution in [0, 0.1) is 0 Å². The molecule has 202 valence electrons. The molecule has 2 aliphatic heterocycles.